The van der Waals surface area contributed by atoms with Gasteiger partial charge < -0.3 is 9.88 Å². The van der Waals surface area contributed by atoms with Crippen molar-refractivity contribution in [3.63, 3.8) is 0 Å². The largest absolute Gasteiger partial charge is 0.333 e. The Bertz CT molecular complexity index is 206. The second-order valence-corrected chi connectivity index (χ2v) is 3.26. The van der Waals surface area contributed by atoms with Crippen LogP contribution < -0.4 is 5.32 Å². The molecule has 0 saturated carbocycles. The first-order chi connectivity index (χ1) is 6.38. The van der Waals surface area contributed by atoms with Crippen LogP contribution in [0.25, 0.3) is 0 Å². The molecule has 1 heterocycles. The summed E-state index contributed by atoms with van der Waals surface area (Å²) >= 11 is 0. The number of nitrogens with zero attached hydrogens (tertiary/aromatic N) is 2. The minimum atomic E-state index is 0.562. The van der Waals surface area contributed by atoms with Crippen LogP contribution in [0.3, 0.4) is 0 Å². The number of nitrogens with one attached hydrogen (secondary N) is 1. The van der Waals surface area contributed by atoms with E-state index in [4.69, 9.17) is 0 Å². The topological polar surface area (TPSA) is 29.9 Å². The Morgan fingerprint density at radius 2 is 2.31 bits per heavy atom. The summed E-state index contributed by atoms with van der Waals surface area (Å²) in [5.41, 5.74) is 0. The van der Waals surface area contributed by atoms with Crippen molar-refractivity contribution in [2.75, 3.05) is 13.1 Å². The molecule has 0 fully saturated rings. The van der Waals surface area contributed by atoms with Gasteiger partial charge in [-0.25, -0.2) is 4.98 Å². The lowest BCUT2D eigenvalue weighted by Crippen LogP contribution is -2.24. The predicted octanol–water partition coefficient (Wildman–Crippen LogP) is 1.83. The molecule has 3 heteroatoms. The van der Waals surface area contributed by atoms with Gasteiger partial charge in [-0.2, -0.15) is 0 Å². The zero-order valence-corrected chi connectivity index (χ0v) is 8.53. The van der Waals surface area contributed by atoms with Crippen LogP contribution in [0.5, 0.6) is 0 Å². The van der Waals surface area contributed by atoms with Crippen LogP contribution in [-0.4, -0.2) is 22.6 Å². The second kappa shape index (κ2) is 5.75. The lowest BCUT2D eigenvalue weighted by molar-refractivity contribution is 0.433. The van der Waals surface area contributed by atoms with E-state index in [1.807, 2.05) is 18.7 Å². The quantitative estimate of drug-likeness (QED) is 0.725. The molecular formula is C10H19N3. The third-order valence-electron chi connectivity index (χ3n) is 2.20. The summed E-state index contributed by atoms with van der Waals surface area (Å²) in [5, 5.41) is 3.37. The van der Waals surface area contributed by atoms with E-state index in [1.54, 1.807) is 0 Å². The summed E-state index contributed by atoms with van der Waals surface area (Å²) < 4.78 is 2.19. The summed E-state index contributed by atoms with van der Waals surface area (Å²) in [6.07, 6.45) is 8.21. The lowest BCUT2D eigenvalue weighted by atomic mass is 10.1. The minimum Gasteiger partial charge on any atom is -0.333 e. The number of hydrogen-bond acceptors (Lipinski definition) is 2. The highest BCUT2D eigenvalue weighted by molar-refractivity contribution is 4.81. The van der Waals surface area contributed by atoms with Gasteiger partial charge in [0.05, 0.1) is 6.33 Å². The number of likely N-dealkylation sites (N-methyl/N-ethyl adjacent to an activating group) is 1. The fraction of sp³-hybridized carbons (Fsp3) is 0.700. The van der Waals surface area contributed by atoms with E-state index in [9.17, 15) is 0 Å². The van der Waals surface area contributed by atoms with E-state index in [0.717, 1.165) is 13.1 Å². The molecule has 1 aromatic rings. The fourth-order valence-corrected chi connectivity index (χ4v) is 1.49. The van der Waals surface area contributed by atoms with Crippen molar-refractivity contribution in [2.45, 2.75) is 32.7 Å². The first-order valence-corrected chi connectivity index (χ1v) is 5.06. The Morgan fingerprint density at radius 1 is 1.46 bits per heavy atom. The monoisotopic (exact) mass is 181 g/mol. The summed E-state index contributed by atoms with van der Waals surface area (Å²) in [6.45, 7) is 6.43. The van der Waals surface area contributed by atoms with Gasteiger partial charge in [-0.05, 0) is 13.0 Å². The highest BCUT2D eigenvalue weighted by atomic mass is 15.1. The molecular weight excluding hydrogens is 162 g/mol. The second-order valence-electron chi connectivity index (χ2n) is 3.26. The van der Waals surface area contributed by atoms with Gasteiger partial charge in [0.2, 0.25) is 0 Å². The molecule has 0 aliphatic heterocycles. The van der Waals surface area contributed by atoms with E-state index in [2.05, 4.69) is 28.7 Å². The SMILES string of the molecule is CCCC(CNCC)n1ccnc1. The first-order valence-electron chi connectivity index (χ1n) is 5.06. The Balaban J connectivity index is 2.47. The molecule has 0 aliphatic rings. The number of hydrogen-bond donors (Lipinski definition) is 1. The Labute approximate surface area is 80.2 Å². The maximum atomic E-state index is 4.07. The van der Waals surface area contributed by atoms with Gasteiger partial charge in [0.25, 0.3) is 0 Å². The molecule has 1 N–H and O–H groups in total. The molecule has 1 unspecified atom stereocenters. The zero-order chi connectivity index (χ0) is 9.52. The van der Waals surface area contributed by atoms with Gasteiger partial charge >= 0.3 is 0 Å². The number of imidazole rings is 1. The van der Waals surface area contributed by atoms with Crippen LogP contribution in [0.1, 0.15) is 32.7 Å². The molecule has 1 aromatic heterocycles. The molecule has 13 heavy (non-hydrogen) atoms. The smallest absolute Gasteiger partial charge is 0.0948 e. The molecule has 1 rings (SSSR count). The van der Waals surface area contributed by atoms with Crippen molar-refractivity contribution in [1.82, 2.24) is 14.9 Å². The van der Waals surface area contributed by atoms with E-state index >= 15 is 0 Å². The molecule has 0 spiro atoms. The van der Waals surface area contributed by atoms with Crippen molar-refractivity contribution in [3.05, 3.63) is 18.7 Å². The summed E-state index contributed by atoms with van der Waals surface area (Å²) in [5.74, 6) is 0. The van der Waals surface area contributed by atoms with Gasteiger partial charge in [0.15, 0.2) is 0 Å². The fourth-order valence-electron chi connectivity index (χ4n) is 1.49. The number of aromatic nitrogens is 2. The van der Waals surface area contributed by atoms with E-state index < -0.39 is 0 Å². The van der Waals surface area contributed by atoms with Gasteiger partial charge in [-0.15, -0.1) is 0 Å². The van der Waals surface area contributed by atoms with Crippen LogP contribution in [-0.2, 0) is 0 Å². The van der Waals surface area contributed by atoms with Crippen molar-refractivity contribution in [3.8, 4) is 0 Å². The molecule has 0 amide bonds. The summed E-state index contributed by atoms with van der Waals surface area (Å²) in [6, 6.07) is 0.562. The van der Waals surface area contributed by atoms with Crippen LogP contribution in [0, 0.1) is 0 Å². The molecule has 0 bridgehead atoms. The third kappa shape index (κ3) is 3.19. The average molecular weight is 181 g/mol. The van der Waals surface area contributed by atoms with Crippen molar-refractivity contribution in [2.24, 2.45) is 0 Å². The minimum absolute atomic E-state index is 0.562. The predicted molar refractivity (Wildman–Crippen MR) is 54.7 cm³/mol. The molecule has 0 aliphatic carbocycles. The molecule has 1 atom stereocenters. The van der Waals surface area contributed by atoms with E-state index in [1.165, 1.54) is 12.8 Å². The maximum absolute atomic E-state index is 4.07. The zero-order valence-electron chi connectivity index (χ0n) is 8.53. The van der Waals surface area contributed by atoms with E-state index in [-0.39, 0.29) is 0 Å². The van der Waals surface area contributed by atoms with Gasteiger partial charge in [0.1, 0.15) is 0 Å². The van der Waals surface area contributed by atoms with Gasteiger partial charge in [0, 0.05) is 25.0 Å². The van der Waals surface area contributed by atoms with Crippen LogP contribution in [0.2, 0.25) is 0 Å². The average Bonchev–Trinajstić information content (AvgIpc) is 2.65. The Kier molecular flexibility index (Phi) is 4.54. The van der Waals surface area contributed by atoms with Crippen LogP contribution in [0.15, 0.2) is 18.7 Å². The molecule has 0 radical (unpaired) electrons. The van der Waals surface area contributed by atoms with Crippen LogP contribution in [0.4, 0.5) is 0 Å². The summed E-state index contributed by atoms with van der Waals surface area (Å²) in [4.78, 5) is 4.07. The highest BCUT2D eigenvalue weighted by Crippen LogP contribution is 2.11. The lowest BCUT2D eigenvalue weighted by Gasteiger charge is -2.17. The molecule has 74 valence electrons. The summed E-state index contributed by atoms with van der Waals surface area (Å²) in [7, 11) is 0. The normalized spacial score (nSPS) is 13.1. The number of rotatable bonds is 6. The highest BCUT2D eigenvalue weighted by Gasteiger charge is 2.07. The van der Waals surface area contributed by atoms with Crippen molar-refractivity contribution in [1.29, 1.82) is 0 Å². The Hall–Kier alpha value is -0.830. The molecule has 3 nitrogen and oxygen atoms in total. The first kappa shape index (κ1) is 10.3. The van der Waals surface area contributed by atoms with Crippen LogP contribution >= 0.6 is 0 Å². The molecule has 0 aromatic carbocycles. The van der Waals surface area contributed by atoms with Gasteiger partial charge in [-0.3, -0.25) is 0 Å². The maximum Gasteiger partial charge on any atom is 0.0948 e. The van der Waals surface area contributed by atoms with E-state index in [0.29, 0.717) is 6.04 Å². The van der Waals surface area contributed by atoms with Gasteiger partial charge in [-0.1, -0.05) is 20.3 Å². The van der Waals surface area contributed by atoms with Crippen molar-refractivity contribution < 1.29 is 0 Å². The molecule has 0 saturated heterocycles. The third-order valence-corrected chi connectivity index (χ3v) is 2.20. The Morgan fingerprint density at radius 3 is 2.85 bits per heavy atom. The standard InChI is InChI=1S/C10H19N3/c1-3-5-10(8-11-4-2)13-7-6-12-9-13/h6-7,9-11H,3-5,8H2,1-2H3. The van der Waals surface area contributed by atoms with Crippen molar-refractivity contribution >= 4 is 0 Å².